The van der Waals surface area contributed by atoms with Gasteiger partial charge in [0, 0.05) is 29.5 Å². The number of oxazole rings is 1. The molecule has 3 aliphatic rings. The second kappa shape index (κ2) is 7.48. The topological polar surface area (TPSA) is 75.4 Å². The zero-order valence-electron chi connectivity index (χ0n) is 15.5. The lowest BCUT2D eigenvalue weighted by Crippen LogP contribution is -2.62. The summed E-state index contributed by atoms with van der Waals surface area (Å²) in [5.74, 6) is 0.667. The predicted molar refractivity (Wildman–Crippen MR) is 102 cm³/mol. The van der Waals surface area contributed by atoms with Crippen molar-refractivity contribution in [1.29, 1.82) is 0 Å². The van der Waals surface area contributed by atoms with Gasteiger partial charge in [-0.3, -0.25) is 14.5 Å². The fourth-order valence-corrected chi connectivity index (χ4v) is 4.73. The van der Waals surface area contributed by atoms with Crippen LogP contribution in [0, 0.1) is 5.92 Å². The van der Waals surface area contributed by atoms with Crippen LogP contribution in [-0.4, -0.2) is 46.7 Å². The summed E-state index contributed by atoms with van der Waals surface area (Å²) >= 11 is 1.32. The number of carbonyl (C=O) groups excluding carboxylic acids is 2. The monoisotopic (exact) mass is 385 g/mol. The first-order valence-electron chi connectivity index (χ1n) is 9.31. The summed E-state index contributed by atoms with van der Waals surface area (Å²) in [5.41, 5.74) is 0.653. The van der Waals surface area contributed by atoms with Gasteiger partial charge in [-0.2, -0.15) is 0 Å². The Hall–Kier alpha value is -2.12. The molecule has 1 N–H and O–H groups in total. The highest BCUT2D eigenvalue weighted by Gasteiger charge is 2.40. The number of carbonyl (C=O) groups is 2. The molecule has 1 aromatic heterocycles. The van der Waals surface area contributed by atoms with Crippen molar-refractivity contribution in [1.82, 2.24) is 15.2 Å². The molecule has 4 heterocycles. The molecule has 1 amide bonds. The third-order valence-electron chi connectivity index (χ3n) is 5.63. The van der Waals surface area contributed by atoms with E-state index in [0.29, 0.717) is 22.7 Å². The summed E-state index contributed by atoms with van der Waals surface area (Å²) in [6.45, 7) is 5.95. The lowest BCUT2D eigenvalue weighted by molar-refractivity contribution is 0.0217. The quantitative estimate of drug-likeness (QED) is 0.797. The van der Waals surface area contributed by atoms with E-state index in [4.69, 9.17) is 4.42 Å². The standard InChI is InChI=1S/C20H23N3O3S/c1-12-18(14-7-9-23(12)10-8-14)22-19(25)15-3-5-16(6-4-15)27-20-21-11-17(26-20)13(2)24/h3-6,11-12,14,18H,7-10H2,1-2H3,(H,22,25). The molecule has 0 radical (unpaired) electrons. The summed E-state index contributed by atoms with van der Waals surface area (Å²) in [7, 11) is 0. The Balaban J connectivity index is 1.39. The summed E-state index contributed by atoms with van der Waals surface area (Å²) in [5, 5.41) is 3.66. The molecule has 1 aromatic carbocycles. The maximum Gasteiger partial charge on any atom is 0.261 e. The highest BCUT2D eigenvalue weighted by atomic mass is 32.2. The van der Waals surface area contributed by atoms with Crippen LogP contribution in [0.2, 0.25) is 0 Å². The zero-order valence-corrected chi connectivity index (χ0v) is 16.3. The predicted octanol–water partition coefficient (Wildman–Crippen LogP) is 3.24. The molecule has 3 saturated heterocycles. The molecule has 5 rings (SSSR count). The summed E-state index contributed by atoms with van der Waals surface area (Å²) < 4.78 is 5.39. The Bertz CT molecular complexity index is 838. The molecule has 0 aliphatic carbocycles. The number of hydrogen-bond donors (Lipinski definition) is 1. The van der Waals surface area contributed by atoms with Crippen LogP contribution in [-0.2, 0) is 0 Å². The molecule has 27 heavy (non-hydrogen) atoms. The molecule has 2 atom stereocenters. The first-order valence-corrected chi connectivity index (χ1v) is 10.1. The van der Waals surface area contributed by atoms with Gasteiger partial charge in [-0.15, -0.1) is 0 Å². The molecule has 6 nitrogen and oxygen atoms in total. The number of nitrogens with zero attached hydrogens (tertiary/aromatic N) is 2. The molecular weight excluding hydrogens is 362 g/mol. The first-order chi connectivity index (χ1) is 13.0. The van der Waals surface area contributed by atoms with E-state index in [2.05, 4.69) is 22.1 Å². The molecule has 7 heteroatoms. The van der Waals surface area contributed by atoms with E-state index in [1.807, 2.05) is 24.3 Å². The number of hydrogen-bond acceptors (Lipinski definition) is 6. The van der Waals surface area contributed by atoms with E-state index >= 15 is 0 Å². The van der Waals surface area contributed by atoms with E-state index in [9.17, 15) is 9.59 Å². The Labute approximate surface area is 162 Å². The zero-order chi connectivity index (χ0) is 19.0. The number of Topliss-reactive ketones (excluding diaryl/α,β-unsaturated/α-hetero) is 1. The number of nitrogens with one attached hydrogen (secondary N) is 1. The van der Waals surface area contributed by atoms with Gasteiger partial charge in [-0.25, -0.2) is 4.98 Å². The Morgan fingerprint density at radius 1 is 1.22 bits per heavy atom. The van der Waals surface area contributed by atoms with Gasteiger partial charge in [-0.1, -0.05) is 0 Å². The average Bonchev–Trinajstić information content (AvgIpc) is 3.14. The van der Waals surface area contributed by atoms with Crippen molar-refractivity contribution in [2.45, 2.75) is 48.9 Å². The largest absolute Gasteiger partial charge is 0.428 e. The highest BCUT2D eigenvalue weighted by molar-refractivity contribution is 7.99. The summed E-state index contributed by atoms with van der Waals surface area (Å²) in [6, 6.07) is 8.01. The van der Waals surface area contributed by atoms with Crippen molar-refractivity contribution in [3.63, 3.8) is 0 Å². The van der Waals surface area contributed by atoms with Gasteiger partial charge >= 0.3 is 0 Å². The van der Waals surface area contributed by atoms with E-state index in [-0.39, 0.29) is 23.5 Å². The Morgan fingerprint density at radius 3 is 2.52 bits per heavy atom. The number of aromatic nitrogens is 1. The van der Waals surface area contributed by atoms with Gasteiger partial charge in [0.25, 0.3) is 11.1 Å². The van der Waals surface area contributed by atoms with Gasteiger partial charge in [-0.05, 0) is 74.8 Å². The Morgan fingerprint density at radius 2 is 1.93 bits per heavy atom. The molecule has 0 spiro atoms. The maximum atomic E-state index is 12.7. The van der Waals surface area contributed by atoms with Crippen LogP contribution in [0.3, 0.4) is 0 Å². The average molecular weight is 385 g/mol. The lowest BCUT2D eigenvalue weighted by Gasteiger charge is -2.49. The highest BCUT2D eigenvalue weighted by Crippen LogP contribution is 2.32. The van der Waals surface area contributed by atoms with E-state index in [1.165, 1.54) is 37.7 Å². The second-order valence-electron chi connectivity index (χ2n) is 7.29. The Kier molecular flexibility index (Phi) is 5.06. The van der Waals surface area contributed by atoms with Gasteiger partial charge in [0.2, 0.25) is 0 Å². The maximum absolute atomic E-state index is 12.7. The molecular formula is C20H23N3O3S. The van der Waals surface area contributed by atoms with Crippen molar-refractivity contribution < 1.29 is 14.0 Å². The van der Waals surface area contributed by atoms with E-state index in [0.717, 1.165) is 18.0 Å². The smallest absolute Gasteiger partial charge is 0.261 e. The third kappa shape index (κ3) is 3.80. The normalized spacial score (nSPS) is 26.7. The van der Waals surface area contributed by atoms with Gasteiger partial charge in [0.1, 0.15) is 0 Å². The van der Waals surface area contributed by atoms with Crippen LogP contribution in [0.5, 0.6) is 0 Å². The molecule has 2 aromatic rings. The van der Waals surface area contributed by atoms with E-state index in [1.54, 1.807) is 0 Å². The minimum atomic E-state index is -0.150. The van der Waals surface area contributed by atoms with Crippen LogP contribution in [0.4, 0.5) is 0 Å². The van der Waals surface area contributed by atoms with Crippen molar-refractivity contribution in [3.8, 4) is 0 Å². The van der Waals surface area contributed by atoms with Crippen LogP contribution in [0.1, 0.15) is 47.6 Å². The fourth-order valence-electron chi connectivity index (χ4n) is 4.02. The van der Waals surface area contributed by atoms with Crippen molar-refractivity contribution in [2.24, 2.45) is 5.92 Å². The molecule has 142 valence electrons. The number of fused-ring (bicyclic) bond motifs is 3. The van der Waals surface area contributed by atoms with Gasteiger partial charge in [0.05, 0.1) is 6.20 Å². The SMILES string of the molecule is CC(=O)c1cnc(Sc2ccc(C(=O)NC3C4CCN(CC4)C3C)cc2)o1. The molecule has 2 unspecified atom stereocenters. The van der Waals surface area contributed by atoms with Crippen LogP contribution in [0.25, 0.3) is 0 Å². The van der Waals surface area contributed by atoms with Gasteiger partial charge < -0.3 is 9.73 Å². The molecule has 3 aliphatic heterocycles. The minimum Gasteiger partial charge on any atom is -0.428 e. The fraction of sp³-hybridized carbons (Fsp3) is 0.450. The van der Waals surface area contributed by atoms with Crippen molar-refractivity contribution >= 4 is 23.5 Å². The second-order valence-corrected chi connectivity index (χ2v) is 8.31. The number of benzene rings is 1. The summed E-state index contributed by atoms with van der Waals surface area (Å²) in [6.07, 6.45) is 3.77. The summed E-state index contributed by atoms with van der Waals surface area (Å²) in [4.78, 5) is 31.4. The van der Waals surface area contributed by atoms with Crippen molar-refractivity contribution in [3.05, 3.63) is 41.8 Å². The number of amides is 1. The van der Waals surface area contributed by atoms with Gasteiger partial charge in [0.15, 0.2) is 11.5 Å². The molecule has 3 fully saturated rings. The molecule has 2 bridgehead atoms. The number of rotatable bonds is 5. The van der Waals surface area contributed by atoms with Crippen LogP contribution in [0.15, 0.2) is 45.0 Å². The number of ketones is 1. The van der Waals surface area contributed by atoms with Crippen LogP contribution < -0.4 is 5.32 Å². The first kappa shape index (κ1) is 18.3. The molecule has 0 saturated carbocycles. The van der Waals surface area contributed by atoms with E-state index < -0.39 is 0 Å². The van der Waals surface area contributed by atoms with Crippen LogP contribution >= 0.6 is 11.8 Å². The van der Waals surface area contributed by atoms with Crippen molar-refractivity contribution in [2.75, 3.05) is 13.1 Å². The number of piperidine rings is 3. The minimum absolute atomic E-state index is 0.0212. The third-order valence-corrected chi connectivity index (χ3v) is 6.50. The lowest BCUT2D eigenvalue weighted by atomic mass is 9.79.